The van der Waals surface area contributed by atoms with Gasteiger partial charge in [-0.05, 0) is 32.2 Å². The molecule has 2 saturated heterocycles. The van der Waals surface area contributed by atoms with E-state index in [9.17, 15) is 24.3 Å². The number of hydrogen-bond acceptors (Lipinski definition) is 7. The van der Waals surface area contributed by atoms with Gasteiger partial charge in [-0.25, -0.2) is 4.79 Å². The first-order valence-electron chi connectivity index (χ1n) is 8.98. The van der Waals surface area contributed by atoms with Gasteiger partial charge in [-0.1, -0.05) is 0 Å². The fraction of sp³-hybridized carbons (Fsp3) is 0.750. The van der Waals surface area contributed by atoms with Crippen LogP contribution in [0.25, 0.3) is 0 Å². The zero-order valence-electron chi connectivity index (χ0n) is 14.9. The van der Waals surface area contributed by atoms with E-state index in [0.29, 0.717) is 25.8 Å². The second-order valence-electron chi connectivity index (χ2n) is 6.66. The van der Waals surface area contributed by atoms with Crippen molar-refractivity contribution >= 4 is 23.7 Å². The molecule has 0 radical (unpaired) electrons. The lowest BCUT2D eigenvalue weighted by atomic mass is 10.1. The Balaban J connectivity index is 2.00. The number of carboxylic acid groups (broad SMARTS) is 1. The summed E-state index contributed by atoms with van der Waals surface area (Å²) in [5, 5.41) is 35.2. The summed E-state index contributed by atoms with van der Waals surface area (Å²) in [5.41, 5.74) is 0. The number of aliphatic hydroxyl groups is 2. The van der Waals surface area contributed by atoms with Gasteiger partial charge in [0.05, 0.1) is 19.3 Å². The molecule has 4 atom stereocenters. The molecule has 0 aromatic carbocycles. The summed E-state index contributed by atoms with van der Waals surface area (Å²) in [6, 6.07) is -3.97. The van der Waals surface area contributed by atoms with Gasteiger partial charge in [-0.15, -0.1) is 0 Å². The average Bonchev–Trinajstić information content (AvgIpc) is 3.34. The minimum absolute atomic E-state index is 0.252. The van der Waals surface area contributed by atoms with Crippen molar-refractivity contribution in [1.29, 1.82) is 0 Å². The number of rotatable bonds is 8. The number of aliphatic hydroxyl groups excluding tert-OH is 2. The third-order valence-electron chi connectivity index (χ3n) is 4.81. The van der Waals surface area contributed by atoms with E-state index in [4.69, 9.17) is 10.2 Å². The maximum Gasteiger partial charge on any atom is 0.328 e. The highest BCUT2D eigenvalue weighted by molar-refractivity contribution is 5.94. The lowest BCUT2D eigenvalue weighted by Crippen LogP contribution is -2.58. The predicted octanol–water partition coefficient (Wildman–Crippen LogP) is -3.23. The van der Waals surface area contributed by atoms with Crippen LogP contribution in [0.4, 0.5) is 0 Å². The summed E-state index contributed by atoms with van der Waals surface area (Å²) in [7, 11) is 0. The third-order valence-corrected chi connectivity index (χ3v) is 4.81. The van der Waals surface area contributed by atoms with E-state index in [1.165, 1.54) is 4.90 Å². The van der Waals surface area contributed by atoms with E-state index >= 15 is 0 Å². The van der Waals surface area contributed by atoms with Crippen LogP contribution >= 0.6 is 0 Å². The Morgan fingerprint density at radius 1 is 1.00 bits per heavy atom. The molecule has 0 aromatic rings. The Labute approximate surface area is 156 Å². The fourth-order valence-corrected chi connectivity index (χ4v) is 3.32. The quantitative estimate of drug-likeness (QED) is 0.253. The summed E-state index contributed by atoms with van der Waals surface area (Å²) in [4.78, 5) is 49.4. The Morgan fingerprint density at radius 2 is 1.67 bits per heavy atom. The van der Waals surface area contributed by atoms with Crippen molar-refractivity contribution < 1.29 is 34.5 Å². The van der Waals surface area contributed by atoms with Crippen molar-refractivity contribution in [3.63, 3.8) is 0 Å². The molecule has 2 fully saturated rings. The van der Waals surface area contributed by atoms with Gasteiger partial charge >= 0.3 is 5.97 Å². The van der Waals surface area contributed by atoms with E-state index < -0.39 is 55.2 Å². The van der Waals surface area contributed by atoms with Crippen LogP contribution in [0.15, 0.2) is 0 Å². The Hall–Kier alpha value is -2.24. The van der Waals surface area contributed by atoms with Crippen molar-refractivity contribution in [2.75, 3.05) is 26.3 Å². The lowest BCUT2D eigenvalue weighted by Gasteiger charge is -2.29. The van der Waals surface area contributed by atoms with E-state index in [0.717, 1.165) is 6.42 Å². The first kappa shape index (κ1) is 21.1. The van der Waals surface area contributed by atoms with Gasteiger partial charge in [-0.3, -0.25) is 14.4 Å². The molecule has 0 aliphatic carbocycles. The normalized spacial score (nSPS) is 24.3. The summed E-state index contributed by atoms with van der Waals surface area (Å²) < 4.78 is 0. The maximum absolute atomic E-state index is 12.7. The molecule has 0 spiro atoms. The summed E-state index contributed by atoms with van der Waals surface area (Å²) in [6.45, 7) is -0.427. The van der Waals surface area contributed by atoms with Crippen LogP contribution in [0.5, 0.6) is 0 Å². The number of carboxylic acids is 1. The lowest BCUT2D eigenvalue weighted by molar-refractivity contribution is -0.146. The maximum atomic E-state index is 12.7. The summed E-state index contributed by atoms with van der Waals surface area (Å²) in [5.74, 6) is -3.06. The van der Waals surface area contributed by atoms with Crippen LogP contribution in [-0.2, 0) is 19.2 Å². The molecule has 0 bridgehead atoms. The van der Waals surface area contributed by atoms with Gasteiger partial charge in [0.25, 0.3) is 0 Å². The standard InChI is InChI=1S/C16H26N4O7/c21-7-10(18-13(23)9-3-1-5-17-9)15(25)20-6-2-4-12(20)14(24)19-11(8-22)16(26)27/h9-12,17,21-22H,1-8H2,(H,18,23)(H,19,24)(H,26,27)/t9-,10+,11+,12-/m1/s1. The predicted molar refractivity (Wildman–Crippen MR) is 91.4 cm³/mol. The molecule has 27 heavy (non-hydrogen) atoms. The van der Waals surface area contributed by atoms with Crippen LogP contribution in [0.1, 0.15) is 25.7 Å². The molecule has 2 aliphatic heterocycles. The summed E-state index contributed by atoms with van der Waals surface area (Å²) in [6.07, 6.45) is 2.34. The summed E-state index contributed by atoms with van der Waals surface area (Å²) >= 11 is 0. The largest absolute Gasteiger partial charge is 0.480 e. The zero-order chi connectivity index (χ0) is 20.0. The van der Waals surface area contributed by atoms with Crippen LogP contribution < -0.4 is 16.0 Å². The highest BCUT2D eigenvalue weighted by atomic mass is 16.4. The van der Waals surface area contributed by atoms with Gasteiger partial charge in [0.2, 0.25) is 17.7 Å². The van der Waals surface area contributed by atoms with Crippen LogP contribution in [0.3, 0.4) is 0 Å². The number of hydrogen-bond donors (Lipinski definition) is 6. The van der Waals surface area contributed by atoms with E-state index in [1.54, 1.807) is 0 Å². The van der Waals surface area contributed by atoms with Crippen molar-refractivity contribution in [2.45, 2.75) is 49.9 Å². The first-order valence-corrected chi connectivity index (χ1v) is 8.98. The zero-order valence-corrected chi connectivity index (χ0v) is 14.9. The van der Waals surface area contributed by atoms with E-state index in [-0.39, 0.29) is 12.5 Å². The minimum atomic E-state index is -1.46. The van der Waals surface area contributed by atoms with Crippen molar-refractivity contribution in [3.05, 3.63) is 0 Å². The number of nitrogens with zero attached hydrogens (tertiary/aromatic N) is 1. The van der Waals surface area contributed by atoms with Gasteiger partial charge in [0.15, 0.2) is 0 Å². The molecule has 2 aliphatic rings. The number of nitrogens with one attached hydrogen (secondary N) is 3. The van der Waals surface area contributed by atoms with Crippen LogP contribution in [0.2, 0.25) is 0 Å². The molecule has 152 valence electrons. The van der Waals surface area contributed by atoms with Crippen molar-refractivity contribution in [2.24, 2.45) is 0 Å². The molecular weight excluding hydrogens is 360 g/mol. The molecule has 11 heteroatoms. The number of carbonyl (C=O) groups excluding carboxylic acids is 3. The van der Waals surface area contributed by atoms with Gasteiger partial charge < -0.3 is 36.2 Å². The van der Waals surface area contributed by atoms with Crippen LogP contribution in [-0.4, -0.2) is 94.4 Å². The molecule has 2 rings (SSSR count). The second kappa shape index (κ2) is 9.62. The van der Waals surface area contributed by atoms with Gasteiger partial charge in [0, 0.05) is 6.54 Å². The Bertz CT molecular complexity index is 579. The van der Waals surface area contributed by atoms with Gasteiger partial charge in [-0.2, -0.15) is 0 Å². The number of amides is 3. The second-order valence-corrected chi connectivity index (χ2v) is 6.66. The minimum Gasteiger partial charge on any atom is -0.480 e. The topological polar surface area (TPSA) is 168 Å². The highest BCUT2D eigenvalue weighted by Gasteiger charge is 2.39. The number of carbonyl (C=O) groups is 4. The average molecular weight is 386 g/mol. The van der Waals surface area contributed by atoms with Crippen LogP contribution in [0, 0.1) is 0 Å². The molecule has 6 N–H and O–H groups in total. The molecule has 0 aromatic heterocycles. The smallest absolute Gasteiger partial charge is 0.328 e. The fourth-order valence-electron chi connectivity index (χ4n) is 3.32. The SMILES string of the molecule is O=C(O)[C@H](CO)NC(=O)[C@H]1CCCN1C(=O)[C@H](CO)NC(=O)[C@H]1CCCN1. The monoisotopic (exact) mass is 386 g/mol. The molecule has 0 unspecified atom stereocenters. The number of likely N-dealkylation sites (tertiary alicyclic amines) is 1. The molecule has 0 saturated carbocycles. The molecule has 3 amide bonds. The van der Waals surface area contributed by atoms with Gasteiger partial charge in [0.1, 0.15) is 18.1 Å². The molecule has 2 heterocycles. The van der Waals surface area contributed by atoms with Crippen molar-refractivity contribution in [1.82, 2.24) is 20.9 Å². The third kappa shape index (κ3) is 5.15. The number of aliphatic carboxylic acids is 1. The first-order chi connectivity index (χ1) is 12.9. The molecule has 11 nitrogen and oxygen atoms in total. The Morgan fingerprint density at radius 3 is 2.22 bits per heavy atom. The Kier molecular flexibility index (Phi) is 7.51. The van der Waals surface area contributed by atoms with Crippen molar-refractivity contribution in [3.8, 4) is 0 Å². The highest BCUT2D eigenvalue weighted by Crippen LogP contribution is 2.19. The molecular formula is C16H26N4O7. The van der Waals surface area contributed by atoms with E-state index in [1.807, 2.05) is 0 Å². The van der Waals surface area contributed by atoms with E-state index in [2.05, 4.69) is 16.0 Å².